The van der Waals surface area contributed by atoms with Crippen molar-refractivity contribution in [3.8, 4) is 0 Å². The van der Waals surface area contributed by atoms with Gasteiger partial charge in [0, 0.05) is 23.6 Å². The number of benzene rings is 2. The molecule has 126 valence electrons. The number of aromatic nitrogens is 3. The SMILES string of the molecule is Cc1cc2nc(NC[C@H](O)c3ccccc3F)c3ccccc3n2n1. The molecule has 4 rings (SSSR count). The first-order chi connectivity index (χ1) is 12.1. The van der Waals surface area contributed by atoms with Gasteiger partial charge < -0.3 is 10.4 Å². The second-order valence-electron chi connectivity index (χ2n) is 5.95. The molecule has 0 amide bonds. The number of anilines is 1. The van der Waals surface area contributed by atoms with Gasteiger partial charge in [0.1, 0.15) is 11.6 Å². The average molecular weight is 336 g/mol. The van der Waals surface area contributed by atoms with E-state index in [-0.39, 0.29) is 12.1 Å². The summed E-state index contributed by atoms with van der Waals surface area (Å²) in [6.07, 6.45) is -0.968. The van der Waals surface area contributed by atoms with Crippen LogP contribution in [0.5, 0.6) is 0 Å². The Hall–Kier alpha value is -2.99. The Balaban J connectivity index is 1.70. The van der Waals surface area contributed by atoms with Crippen LogP contribution in [0.3, 0.4) is 0 Å². The molecule has 2 heterocycles. The van der Waals surface area contributed by atoms with Crippen molar-refractivity contribution in [3.63, 3.8) is 0 Å². The third-order valence-electron chi connectivity index (χ3n) is 4.15. The van der Waals surface area contributed by atoms with Crippen LogP contribution >= 0.6 is 0 Å². The van der Waals surface area contributed by atoms with Crippen molar-refractivity contribution in [1.82, 2.24) is 14.6 Å². The standard InChI is InChI=1S/C19H17FN4O/c1-12-10-18-22-19(14-7-3-5-9-16(14)24(18)23-12)21-11-17(25)13-6-2-4-8-15(13)20/h2-10,17,25H,11H2,1H3,(H,21,22)/t17-/m0/s1. The van der Waals surface area contributed by atoms with Crippen LogP contribution in [-0.4, -0.2) is 26.2 Å². The number of para-hydroxylation sites is 1. The summed E-state index contributed by atoms with van der Waals surface area (Å²) in [7, 11) is 0. The molecule has 4 aromatic rings. The molecule has 0 saturated carbocycles. The Morgan fingerprint density at radius 3 is 2.76 bits per heavy atom. The molecule has 1 atom stereocenters. The summed E-state index contributed by atoms with van der Waals surface area (Å²) in [6.45, 7) is 2.07. The highest BCUT2D eigenvalue weighted by Crippen LogP contribution is 2.24. The monoisotopic (exact) mass is 336 g/mol. The summed E-state index contributed by atoms with van der Waals surface area (Å²) in [5, 5.41) is 18.8. The number of aryl methyl sites for hydroxylation is 1. The second kappa shape index (κ2) is 6.14. The van der Waals surface area contributed by atoms with E-state index in [2.05, 4.69) is 15.4 Å². The lowest BCUT2D eigenvalue weighted by atomic mass is 10.1. The lowest BCUT2D eigenvalue weighted by Gasteiger charge is -2.15. The molecule has 2 aromatic carbocycles. The fourth-order valence-corrected chi connectivity index (χ4v) is 2.96. The van der Waals surface area contributed by atoms with Crippen molar-refractivity contribution >= 4 is 22.4 Å². The van der Waals surface area contributed by atoms with Crippen molar-refractivity contribution in [2.75, 3.05) is 11.9 Å². The fourth-order valence-electron chi connectivity index (χ4n) is 2.96. The van der Waals surface area contributed by atoms with Gasteiger partial charge in [-0.1, -0.05) is 30.3 Å². The first kappa shape index (κ1) is 15.5. The number of halogens is 1. The average Bonchev–Trinajstić information content (AvgIpc) is 3.00. The second-order valence-corrected chi connectivity index (χ2v) is 5.95. The van der Waals surface area contributed by atoms with Crippen LogP contribution < -0.4 is 5.32 Å². The summed E-state index contributed by atoms with van der Waals surface area (Å²) in [5.74, 6) is 0.217. The molecule has 6 heteroatoms. The minimum atomic E-state index is -0.968. The number of nitrogens with zero attached hydrogens (tertiary/aromatic N) is 3. The number of nitrogens with one attached hydrogen (secondary N) is 1. The van der Waals surface area contributed by atoms with Crippen LogP contribution in [0, 0.1) is 12.7 Å². The summed E-state index contributed by atoms with van der Waals surface area (Å²) < 4.78 is 15.6. The summed E-state index contributed by atoms with van der Waals surface area (Å²) in [5.41, 5.74) is 2.78. The van der Waals surface area contributed by atoms with Crippen LogP contribution in [0.15, 0.2) is 54.6 Å². The maximum atomic E-state index is 13.8. The van der Waals surface area contributed by atoms with Crippen LogP contribution in [0.4, 0.5) is 10.2 Å². The van der Waals surface area contributed by atoms with Gasteiger partial charge in [-0.3, -0.25) is 0 Å². The smallest absolute Gasteiger partial charge is 0.158 e. The minimum absolute atomic E-state index is 0.154. The predicted octanol–water partition coefficient (Wildman–Crippen LogP) is 3.48. The molecule has 0 aliphatic carbocycles. The normalized spacial score (nSPS) is 12.6. The number of hydrogen-bond acceptors (Lipinski definition) is 4. The number of aliphatic hydroxyl groups is 1. The van der Waals surface area contributed by atoms with E-state index >= 15 is 0 Å². The first-order valence-corrected chi connectivity index (χ1v) is 8.05. The number of rotatable bonds is 4. The van der Waals surface area contributed by atoms with E-state index in [1.54, 1.807) is 22.7 Å². The van der Waals surface area contributed by atoms with Crippen molar-refractivity contribution in [2.45, 2.75) is 13.0 Å². The van der Waals surface area contributed by atoms with E-state index in [0.29, 0.717) is 5.82 Å². The van der Waals surface area contributed by atoms with Crippen LogP contribution in [-0.2, 0) is 0 Å². The Labute approximate surface area is 143 Å². The van der Waals surface area contributed by atoms with E-state index in [4.69, 9.17) is 0 Å². The van der Waals surface area contributed by atoms with Gasteiger partial charge in [0.05, 0.1) is 17.3 Å². The highest BCUT2D eigenvalue weighted by molar-refractivity contribution is 5.91. The highest BCUT2D eigenvalue weighted by atomic mass is 19.1. The molecule has 2 aromatic heterocycles. The van der Waals surface area contributed by atoms with E-state index in [0.717, 1.165) is 22.2 Å². The lowest BCUT2D eigenvalue weighted by molar-refractivity contribution is 0.186. The van der Waals surface area contributed by atoms with Gasteiger partial charge in [0.25, 0.3) is 0 Å². The topological polar surface area (TPSA) is 62.5 Å². The Kier molecular flexibility index (Phi) is 3.82. The molecule has 25 heavy (non-hydrogen) atoms. The van der Waals surface area contributed by atoms with Gasteiger partial charge in [-0.25, -0.2) is 13.9 Å². The van der Waals surface area contributed by atoms with E-state index in [1.807, 2.05) is 37.3 Å². The van der Waals surface area contributed by atoms with Gasteiger partial charge in [-0.05, 0) is 25.1 Å². The maximum Gasteiger partial charge on any atom is 0.158 e. The molecular weight excluding hydrogens is 319 g/mol. The zero-order chi connectivity index (χ0) is 17.4. The number of aliphatic hydroxyl groups excluding tert-OH is 1. The largest absolute Gasteiger partial charge is 0.386 e. The van der Waals surface area contributed by atoms with Gasteiger partial charge in [-0.15, -0.1) is 0 Å². The van der Waals surface area contributed by atoms with Crippen molar-refractivity contribution in [3.05, 3.63) is 71.7 Å². The molecular formula is C19H17FN4O. The molecule has 0 radical (unpaired) electrons. The Morgan fingerprint density at radius 1 is 1.16 bits per heavy atom. The third-order valence-corrected chi connectivity index (χ3v) is 4.15. The van der Waals surface area contributed by atoms with Crippen molar-refractivity contribution < 1.29 is 9.50 Å². The molecule has 0 aliphatic heterocycles. The van der Waals surface area contributed by atoms with Gasteiger partial charge in [0.2, 0.25) is 0 Å². The number of fused-ring (bicyclic) bond motifs is 3. The Bertz CT molecular complexity index is 1060. The minimum Gasteiger partial charge on any atom is -0.386 e. The lowest BCUT2D eigenvalue weighted by Crippen LogP contribution is -2.15. The van der Waals surface area contributed by atoms with Crippen molar-refractivity contribution in [2.24, 2.45) is 0 Å². The fraction of sp³-hybridized carbons (Fsp3) is 0.158. The molecule has 0 fully saturated rings. The van der Waals surface area contributed by atoms with Gasteiger partial charge in [-0.2, -0.15) is 5.10 Å². The Morgan fingerprint density at radius 2 is 1.92 bits per heavy atom. The van der Waals surface area contributed by atoms with Gasteiger partial charge >= 0.3 is 0 Å². The van der Waals surface area contributed by atoms with Crippen molar-refractivity contribution in [1.29, 1.82) is 0 Å². The van der Waals surface area contributed by atoms with Crippen LogP contribution in [0.1, 0.15) is 17.4 Å². The molecule has 0 unspecified atom stereocenters. The molecule has 2 N–H and O–H groups in total. The summed E-state index contributed by atoms with van der Waals surface area (Å²) in [4.78, 5) is 4.60. The van der Waals surface area contributed by atoms with E-state index < -0.39 is 11.9 Å². The molecule has 0 spiro atoms. The zero-order valence-electron chi connectivity index (χ0n) is 13.6. The number of hydrogen-bond donors (Lipinski definition) is 2. The summed E-state index contributed by atoms with van der Waals surface area (Å²) >= 11 is 0. The van der Waals surface area contributed by atoms with E-state index in [9.17, 15) is 9.50 Å². The first-order valence-electron chi connectivity index (χ1n) is 8.05. The van der Waals surface area contributed by atoms with Crippen LogP contribution in [0.2, 0.25) is 0 Å². The van der Waals surface area contributed by atoms with Crippen LogP contribution in [0.25, 0.3) is 16.6 Å². The molecule has 5 nitrogen and oxygen atoms in total. The predicted molar refractivity (Wildman–Crippen MR) is 95.1 cm³/mol. The van der Waals surface area contributed by atoms with E-state index in [1.165, 1.54) is 6.07 Å². The highest BCUT2D eigenvalue weighted by Gasteiger charge is 2.14. The molecule has 0 bridgehead atoms. The third kappa shape index (κ3) is 2.81. The molecule has 0 aliphatic rings. The maximum absolute atomic E-state index is 13.8. The zero-order valence-corrected chi connectivity index (χ0v) is 13.6. The van der Waals surface area contributed by atoms with Gasteiger partial charge in [0.15, 0.2) is 5.65 Å². The molecule has 0 saturated heterocycles. The summed E-state index contributed by atoms with van der Waals surface area (Å²) in [6, 6.07) is 15.9. The quantitative estimate of drug-likeness (QED) is 0.599.